The van der Waals surface area contributed by atoms with Crippen molar-refractivity contribution in [1.29, 1.82) is 0 Å². The standard InChI is InChI=1S/C25H36N4O5/c1-16(30)27-18-12-17(14-26-15-18)23(31)29(19-6-7-19)20-8-9-22-21(13-20)28(10-5-11-33-4)24(32)25(2,3)34-22/h8-9,13,17-19,26H,5-7,10-12,14-15H2,1-4H3,(H,27,30)/t17-,18+/m1/s1. The summed E-state index contributed by atoms with van der Waals surface area (Å²) in [6.07, 6.45) is 3.22. The molecule has 1 saturated heterocycles. The van der Waals surface area contributed by atoms with Crippen LogP contribution in [-0.2, 0) is 19.1 Å². The number of ether oxygens (including phenoxy) is 2. The van der Waals surface area contributed by atoms with Crippen molar-refractivity contribution >= 4 is 29.1 Å². The molecule has 0 unspecified atom stereocenters. The fourth-order valence-electron chi connectivity index (χ4n) is 4.87. The molecule has 0 spiro atoms. The van der Waals surface area contributed by atoms with Crippen molar-refractivity contribution in [2.24, 2.45) is 5.92 Å². The average Bonchev–Trinajstić information content (AvgIpc) is 3.61. The van der Waals surface area contributed by atoms with Crippen LogP contribution in [0.3, 0.4) is 0 Å². The van der Waals surface area contributed by atoms with E-state index in [9.17, 15) is 14.4 Å². The number of nitrogens with one attached hydrogen (secondary N) is 2. The van der Waals surface area contributed by atoms with Crippen LogP contribution >= 0.6 is 0 Å². The first-order valence-corrected chi connectivity index (χ1v) is 12.2. The van der Waals surface area contributed by atoms with Crippen molar-refractivity contribution in [3.63, 3.8) is 0 Å². The molecule has 2 atom stereocenters. The van der Waals surface area contributed by atoms with Gasteiger partial charge in [-0.1, -0.05) is 0 Å². The largest absolute Gasteiger partial charge is 0.476 e. The highest BCUT2D eigenvalue weighted by atomic mass is 16.5. The van der Waals surface area contributed by atoms with Crippen molar-refractivity contribution in [3.05, 3.63) is 18.2 Å². The molecule has 9 nitrogen and oxygen atoms in total. The third kappa shape index (κ3) is 5.20. The molecule has 0 radical (unpaired) electrons. The maximum absolute atomic E-state index is 13.7. The van der Waals surface area contributed by atoms with Gasteiger partial charge in [0.2, 0.25) is 11.8 Å². The molecule has 2 heterocycles. The Morgan fingerprint density at radius 1 is 1.29 bits per heavy atom. The number of carbonyl (C=O) groups is 3. The van der Waals surface area contributed by atoms with Crippen LogP contribution in [0.5, 0.6) is 5.75 Å². The summed E-state index contributed by atoms with van der Waals surface area (Å²) in [7, 11) is 1.65. The Labute approximate surface area is 201 Å². The molecule has 3 amide bonds. The van der Waals surface area contributed by atoms with Gasteiger partial charge in [-0.15, -0.1) is 0 Å². The van der Waals surface area contributed by atoms with Gasteiger partial charge in [-0.05, 0) is 57.7 Å². The number of nitrogens with zero attached hydrogens (tertiary/aromatic N) is 2. The second-order valence-electron chi connectivity index (χ2n) is 10.00. The number of anilines is 2. The molecule has 9 heteroatoms. The van der Waals surface area contributed by atoms with E-state index >= 15 is 0 Å². The van der Waals surface area contributed by atoms with Crippen LogP contribution in [0.25, 0.3) is 0 Å². The first kappa shape index (κ1) is 24.5. The van der Waals surface area contributed by atoms with Crippen molar-refractivity contribution in [2.75, 3.05) is 43.2 Å². The highest BCUT2D eigenvalue weighted by Crippen LogP contribution is 2.42. The Bertz CT molecular complexity index is 945. The highest BCUT2D eigenvalue weighted by molar-refractivity contribution is 6.04. The molecule has 0 bridgehead atoms. The molecule has 2 N–H and O–H groups in total. The average molecular weight is 473 g/mol. The van der Waals surface area contributed by atoms with Gasteiger partial charge in [0.05, 0.1) is 11.6 Å². The van der Waals surface area contributed by atoms with Gasteiger partial charge in [0.1, 0.15) is 5.75 Å². The predicted octanol–water partition coefficient (Wildman–Crippen LogP) is 1.84. The van der Waals surface area contributed by atoms with Crippen molar-refractivity contribution in [2.45, 2.75) is 64.1 Å². The van der Waals surface area contributed by atoms with Gasteiger partial charge in [0.25, 0.3) is 5.91 Å². The number of hydrogen-bond acceptors (Lipinski definition) is 6. The first-order valence-electron chi connectivity index (χ1n) is 12.2. The van der Waals surface area contributed by atoms with Gasteiger partial charge in [0, 0.05) is 58.0 Å². The van der Waals surface area contributed by atoms with E-state index in [2.05, 4.69) is 10.6 Å². The molecule has 4 rings (SSSR count). The van der Waals surface area contributed by atoms with Crippen molar-refractivity contribution < 1.29 is 23.9 Å². The smallest absolute Gasteiger partial charge is 0.270 e. The quantitative estimate of drug-likeness (QED) is 0.560. The second-order valence-corrected chi connectivity index (χ2v) is 10.00. The summed E-state index contributed by atoms with van der Waals surface area (Å²) in [4.78, 5) is 42.0. The van der Waals surface area contributed by atoms with E-state index < -0.39 is 5.60 Å². The summed E-state index contributed by atoms with van der Waals surface area (Å²) in [5, 5.41) is 6.22. The lowest BCUT2D eigenvalue weighted by molar-refractivity contribution is -0.132. The van der Waals surface area contributed by atoms with E-state index in [4.69, 9.17) is 9.47 Å². The number of carbonyl (C=O) groups excluding carboxylic acids is 3. The normalized spacial score (nSPS) is 23.6. The second kappa shape index (κ2) is 9.92. The summed E-state index contributed by atoms with van der Waals surface area (Å²) in [6, 6.07) is 5.78. The van der Waals surface area contributed by atoms with Gasteiger partial charge in [0.15, 0.2) is 5.60 Å². The number of amides is 3. The maximum atomic E-state index is 13.7. The van der Waals surface area contributed by atoms with Crippen LogP contribution in [0.2, 0.25) is 0 Å². The van der Waals surface area contributed by atoms with Crippen LogP contribution < -0.4 is 25.2 Å². The van der Waals surface area contributed by atoms with E-state index in [0.717, 1.165) is 18.5 Å². The molecule has 3 aliphatic rings. The summed E-state index contributed by atoms with van der Waals surface area (Å²) in [5.74, 6) is 0.275. The Hall–Kier alpha value is -2.65. The van der Waals surface area contributed by atoms with Gasteiger partial charge < -0.3 is 29.9 Å². The number of benzene rings is 1. The van der Waals surface area contributed by atoms with Gasteiger partial charge in [-0.25, -0.2) is 0 Å². The Morgan fingerprint density at radius 2 is 2.06 bits per heavy atom. The van der Waals surface area contributed by atoms with E-state index in [0.29, 0.717) is 50.5 Å². The molecule has 1 saturated carbocycles. The van der Waals surface area contributed by atoms with Crippen LogP contribution in [0.1, 0.15) is 46.5 Å². The first-order chi connectivity index (χ1) is 16.2. The lowest BCUT2D eigenvalue weighted by atomic mass is 9.93. The SMILES string of the molecule is COCCCN1C(=O)C(C)(C)Oc2ccc(N(C(=O)[C@H]3CNC[C@@H](NC(C)=O)C3)C3CC3)cc21. The molecule has 34 heavy (non-hydrogen) atoms. The fraction of sp³-hybridized carbons (Fsp3) is 0.640. The Balaban J connectivity index is 1.60. The van der Waals surface area contributed by atoms with E-state index in [-0.39, 0.29) is 35.7 Å². The Morgan fingerprint density at radius 3 is 2.74 bits per heavy atom. The number of piperidine rings is 1. The summed E-state index contributed by atoms with van der Waals surface area (Å²) in [5.41, 5.74) is 0.509. The third-order valence-corrected chi connectivity index (χ3v) is 6.62. The highest BCUT2D eigenvalue weighted by Gasteiger charge is 2.43. The van der Waals surface area contributed by atoms with Crippen LogP contribution in [0.4, 0.5) is 11.4 Å². The number of rotatable bonds is 8. The molecule has 2 fully saturated rings. The van der Waals surface area contributed by atoms with Gasteiger partial charge >= 0.3 is 0 Å². The molecule has 186 valence electrons. The number of methoxy groups -OCH3 is 1. The molecule has 1 aliphatic carbocycles. The zero-order chi connectivity index (χ0) is 24.5. The summed E-state index contributed by atoms with van der Waals surface area (Å²) >= 11 is 0. The minimum absolute atomic E-state index is 0.0549. The molecule has 1 aromatic carbocycles. The molecular weight excluding hydrogens is 436 g/mol. The Kier molecular flexibility index (Phi) is 7.14. The van der Waals surface area contributed by atoms with E-state index in [1.54, 1.807) is 25.9 Å². The molecular formula is C25H36N4O5. The minimum Gasteiger partial charge on any atom is -0.476 e. The molecule has 2 aliphatic heterocycles. The van der Waals surface area contributed by atoms with Crippen LogP contribution in [-0.4, -0.2) is 68.8 Å². The van der Waals surface area contributed by atoms with E-state index in [1.165, 1.54) is 6.92 Å². The van der Waals surface area contributed by atoms with Crippen molar-refractivity contribution in [3.8, 4) is 5.75 Å². The third-order valence-electron chi connectivity index (χ3n) is 6.62. The monoisotopic (exact) mass is 472 g/mol. The lowest BCUT2D eigenvalue weighted by Gasteiger charge is -2.40. The number of fused-ring (bicyclic) bond motifs is 1. The fourth-order valence-corrected chi connectivity index (χ4v) is 4.87. The predicted molar refractivity (Wildman–Crippen MR) is 129 cm³/mol. The molecule has 0 aromatic heterocycles. The number of hydrogen-bond donors (Lipinski definition) is 2. The van der Waals surface area contributed by atoms with Gasteiger partial charge in [-0.2, -0.15) is 0 Å². The van der Waals surface area contributed by atoms with Crippen LogP contribution in [0.15, 0.2) is 18.2 Å². The zero-order valence-electron chi connectivity index (χ0n) is 20.6. The van der Waals surface area contributed by atoms with Gasteiger partial charge in [-0.3, -0.25) is 14.4 Å². The topological polar surface area (TPSA) is 100 Å². The summed E-state index contributed by atoms with van der Waals surface area (Å²) < 4.78 is 11.2. The maximum Gasteiger partial charge on any atom is 0.270 e. The summed E-state index contributed by atoms with van der Waals surface area (Å²) in [6.45, 7) is 7.36. The lowest BCUT2D eigenvalue weighted by Crippen LogP contribution is -2.53. The minimum atomic E-state index is -0.958. The molecule has 1 aromatic rings. The van der Waals surface area contributed by atoms with Crippen molar-refractivity contribution in [1.82, 2.24) is 10.6 Å². The van der Waals surface area contributed by atoms with Crippen LogP contribution in [0, 0.1) is 5.92 Å². The zero-order valence-corrected chi connectivity index (χ0v) is 20.6. The van der Waals surface area contributed by atoms with E-state index in [1.807, 2.05) is 23.1 Å².